The van der Waals surface area contributed by atoms with Crippen molar-refractivity contribution in [2.24, 2.45) is 24.8 Å². The van der Waals surface area contributed by atoms with Crippen molar-refractivity contribution in [3.63, 3.8) is 0 Å². The Kier molecular flexibility index (Phi) is 6.34. The van der Waals surface area contributed by atoms with Crippen molar-refractivity contribution in [2.45, 2.75) is 52.9 Å². The van der Waals surface area contributed by atoms with E-state index in [-0.39, 0.29) is 12.4 Å². The molecule has 110 valence electrons. The van der Waals surface area contributed by atoms with Crippen molar-refractivity contribution >= 4 is 0 Å². The van der Waals surface area contributed by atoms with Gasteiger partial charge in [0.15, 0.2) is 6.73 Å². The van der Waals surface area contributed by atoms with Crippen LogP contribution in [0.4, 0.5) is 0 Å². The maximum atomic E-state index is 6.18. The predicted molar refractivity (Wildman–Crippen MR) is 71.8 cm³/mol. The van der Waals surface area contributed by atoms with Gasteiger partial charge in [-0.15, -0.1) is 0 Å². The van der Waals surface area contributed by atoms with Gasteiger partial charge >= 0.3 is 0 Å². The highest BCUT2D eigenvalue weighted by Crippen LogP contribution is 2.35. The van der Waals surface area contributed by atoms with E-state index in [1.54, 1.807) is 0 Å². The molecular formula is C15H27ClN2O. The molecule has 0 aromatic carbocycles. The standard InChI is InChI=1S/C15H27N2O.ClH/c1-12(2)14-6-5-13(3)9-15(14)18-11-17-8-7-16(4)10-17;/h7-8,10,12-15H,5-6,9,11H2,1-4H3;1H/q+1;/p-1/t13-,14+,15-;/m1./s1. The molecule has 0 radical (unpaired) electrons. The second-order valence-corrected chi connectivity index (χ2v) is 6.25. The van der Waals surface area contributed by atoms with E-state index in [0.717, 1.165) is 17.8 Å². The minimum absolute atomic E-state index is 0. The van der Waals surface area contributed by atoms with Crippen LogP contribution in [0, 0.1) is 17.8 Å². The van der Waals surface area contributed by atoms with E-state index in [2.05, 4.69) is 37.9 Å². The van der Waals surface area contributed by atoms with E-state index < -0.39 is 0 Å². The van der Waals surface area contributed by atoms with Crippen molar-refractivity contribution in [1.82, 2.24) is 4.57 Å². The molecule has 1 aliphatic rings. The molecule has 1 fully saturated rings. The summed E-state index contributed by atoms with van der Waals surface area (Å²) in [5, 5.41) is 0. The summed E-state index contributed by atoms with van der Waals surface area (Å²) in [6.07, 6.45) is 10.5. The Balaban J connectivity index is 0.00000180. The fourth-order valence-electron chi connectivity index (χ4n) is 3.07. The van der Waals surface area contributed by atoms with Gasteiger partial charge in [-0.2, -0.15) is 0 Å². The fourth-order valence-corrected chi connectivity index (χ4v) is 3.07. The fraction of sp³-hybridized carbons (Fsp3) is 0.800. The first-order chi connectivity index (χ1) is 8.56. The lowest BCUT2D eigenvalue weighted by Crippen LogP contribution is -3.00. The minimum atomic E-state index is 0. The second kappa shape index (κ2) is 7.30. The molecule has 3 nitrogen and oxygen atoms in total. The molecule has 0 N–H and O–H groups in total. The summed E-state index contributed by atoms with van der Waals surface area (Å²) in [4.78, 5) is 0. The van der Waals surface area contributed by atoms with Gasteiger partial charge in [0.1, 0.15) is 12.4 Å². The summed E-state index contributed by atoms with van der Waals surface area (Å²) >= 11 is 0. The van der Waals surface area contributed by atoms with Gasteiger partial charge in [-0.3, -0.25) is 0 Å². The number of imidazole rings is 1. The van der Waals surface area contributed by atoms with Crippen LogP contribution in [0.5, 0.6) is 0 Å². The van der Waals surface area contributed by atoms with Gasteiger partial charge in [0.2, 0.25) is 6.33 Å². The zero-order valence-electron chi connectivity index (χ0n) is 12.6. The van der Waals surface area contributed by atoms with E-state index in [0.29, 0.717) is 12.8 Å². The lowest BCUT2D eigenvalue weighted by molar-refractivity contribution is -0.671. The van der Waals surface area contributed by atoms with Crippen LogP contribution in [0.2, 0.25) is 0 Å². The first kappa shape index (κ1) is 16.5. The van der Waals surface area contributed by atoms with Gasteiger partial charge in [-0.1, -0.05) is 27.2 Å². The number of halogens is 1. The van der Waals surface area contributed by atoms with Gasteiger partial charge < -0.3 is 17.1 Å². The van der Waals surface area contributed by atoms with Crippen LogP contribution in [-0.4, -0.2) is 10.7 Å². The molecule has 0 bridgehead atoms. The molecule has 19 heavy (non-hydrogen) atoms. The number of nitrogens with zero attached hydrogens (tertiary/aromatic N) is 2. The Morgan fingerprint density at radius 2 is 2.11 bits per heavy atom. The third-order valence-corrected chi connectivity index (χ3v) is 4.22. The molecule has 1 heterocycles. The van der Waals surface area contributed by atoms with Crippen molar-refractivity contribution in [3.05, 3.63) is 18.7 Å². The second-order valence-electron chi connectivity index (χ2n) is 6.25. The van der Waals surface area contributed by atoms with Crippen molar-refractivity contribution < 1.29 is 21.7 Å². The lowest BCUT2D eigenvalue weighted by Gasteiger charge is -2.36. The van der Waals surface area contributed by atoms with Crippen LogP contribution in [0.1, 0.15) is 40.0 Å². The van der Waals surface area contributed by atoms with E-state index in [1.165, 1.54) is 19.3 Å². The predicted octanol–water partition coefficient (Wildman–Crippen LogP) is -0.248. The molecule has 4 heteroatoms. The van der Waals surface area contributed by atoms with E-state index >= 15 is 0 Å². The Bertz CT molecular complexity index is 378. The number of aryl methyl sites for hydroxylation is 1. The molecule has 0 amide bonds. The van der Waals surface area contributed by atoms with E-state index in [9.17, 15) is 0 Å². The SMILES string of the molecule is CC(C)[C@@H]1CC[C@@H](C)C[C@H]1OCn1cc[n+](C)c1.[Cl-]. The maximum absolute atomic E-state index is 6.18. The lowest BCUT2D eigenvalue weighted by atomic mass is 9.75. The minimum Gasteiger partial charge on any atom is -1.00 e. The van der Waals surface area contributed by atoms with Crippen molar-refractivity contribution in [3.8, 4) is 0 Å². The molecule has 3 atom stereocenters. The van der Waals surface area contributed by atoms with Gasteiger partial charge in [-0.05, 0) is 30.6 Å². The summed E-state index contributed by atoms with van der Waals surface area (Å²) in [6.45, 7) is 7.68. The topological polar surface area (TPSA) is 18.0 Å². The average molecular weight is 287 g/mol. The molecule has 1 aliphatic carbocycles. The highest BCUT2D eigenvalue weighted by atomic mass is 35.5. The van der Waals surface area contributed by atoms with Crippen LogP contribution < -0.4 is 17.0 Å². The van der Waals surface area contributed by atoms with Gasteiger partial charge in [0.25, 0.3) is 0 Å². The Hall–Kier alpha value is -0.540. The summed E-state index contributed by atoms with van der Waals surface area (Å²) in [5.41, 5.74) is 0. The van der Waals surface area contributed by atoms with Crippen LogP contribution in [0.15, 0.2) is 18.7 Å². The summed E-state index contributed by atoms with van der Waals surface area (Å²) in [6, 6.07) is 0. The molecule has 1 aromatic heterocycles. The van der Waals surface area contributed by atoms with Crippen LogP contribution >= 0.6 is 0 Å². The Morgan fingerprint density at radius 1 is 1.37 bits per heavy atom. The molecule has 2 rings (SSSR count). The largest absolute Gasteiger partial charge is 1.00 e. The smallest absolute Gasteiger partial charge is 0.245 e. The number of hydrogen-bond acceptors (Lipinski definition) is 1. The molecule has 0 saturated heterocycles. The number of aromatic nitrogens is 2. The summed E-state index contributed by atoms with van der Waals surface area (Å²) < 4.78 is 10.3. The van der Waals surface area contributed by atoms with E-state index in [4.69, 9.17) is 4.74 Å². The van der Waals surface area contributed by atoms with Gasteiger partial charge in [0.05, 0.1) is 13.2 Å². The van der Waals surface area contributed by atoms with Crippen molar-refractivity contribution in [2.75, 3.05) is 0 Å². The molecule has 1 aromatic rings. The van der Waals surface area contributed by atoms with E-state index in [1.807, 2.05) is 17.8 Å². The van der Waals surface area contributed by atoms with Crippen molar-refractivity contribution in [1.29, 1.82) is 0 Å². The zero-order chi connectivity index (χ0) is 13.1. The van der Waals surface area contributed by atoms with Crippen LogP contribution in [-0.2, 0) is 18.5 Å². The third kappa shape index (κ3) is 4.50. The maximum Gasteiger partial charge on any atom is 0.245 e. The average Bonchev–Trinajstić information content (AvgIpc) is 2.72. The molecule has 1 saturated carbocycles. The summed E-state index contributed by atoms with van der Waals surface area (Å²) in [7, 11) is 2.04. The number of rotatable bonds is 4. The highest BCUT2D eigenvalue weighted by molar-refractivity contribution is 4.81. The van der Waals surface area contributed by atoms with Gasteiger partial charge in [-0.25, -0.2) is 9.13 Å². The Morgan fingerprint density at radius 3 is 2.68 bits per heavy atom. The molecule has 0 unspecified atom stereocenters. The third-order valence-electron chi connectivity index (χ3n) is 4.22. The number of hydrogen-bond donors (Lipinski definition) is 0. The zero-order valence-corrected chi connectivity index (χ0v) is 13.3. The monoisotopic (exact) mass is 286 g/mol. The van der Waals surface area contributed by atoms with Crippen LogP contribution in [0.3, 0.4) is 0 Å². The first-order valence-electron chi connectivity index (χ1n) is 7.19. The normalized spacial score (nSPS) is 27.3. The summed E-state index contributed by atoms with van der Waals surface area (Å²) in [5.74, 6) is 2.26. The number of ether oxygens (including phenoxy) is 1. The molecule has 0 spiro atoms. The van der Waals surface area contributed by atoms with Crippen LogP contribution in [0.25, 0.3) is 0 Å². The quantitative estimate of drug-likeness (QED) is 0.698. The first-order valence-corrected chi connectivity index (χ1v) is 7.19. The highest BCUT2D eigenvalue weighted by Gasteiger charge is 2.31. The Labute approximate surface area is 123 Å². The van der Waals surface area contributed by atoms with Gasteiger partial charge in [0, 0.05) is 0 Å². The molecular weight excluding hydrogens is 260 g/mol. The molecule has 0 aliphatic heterocycles.